The molecule has 0 fully saturated rings. The molecule has 0 radical (unpaired) electrons. The standard InChI is InChI=1S/C44H70N4O13S/c49-41(45-25-28-57-31-33-60-36-43(52)53)35-59-32-30-58-29-26-46-44(54)37-19-24-40(47-34-37)48-62(55,56)39-22-20-38(21-23-39)61-27-17-15-13-11-9-7-5-3-1-2-4-6-8-10-12-14-16-18-42(50)51/h19-24,34H,1-18,25-33,35-36H2,(H,45,49)(H,46,54)(H,47,48)(H,50,51)(H,52,53). The van der Waals surface area contributed by atoms with Crippen molar-refractivity contribution in [2.24, 2.45) is 0 Å². The number of ether oxygens (including phenoxy) is 5. The highest BCUT2D eigenvalue weighted by molar-refractivity contribution is 7.92. The van der Waals surface area contributed by atoms with Gasteiger partial charge in [0, 0.05) is 25.7 Å². The van der Waals surface area contributed by atoms with Crippen LogP contribution in [0.5, 0.6) is 5.75 Å². The SMILES string of the molecule is O=C(O)CCCCCCCCCCCCCCCCCCCOc1ccc(S(=O)(=O)Nc2ccc(C(=O)NCCOCCOCC(=O)NCCOCCOCC(=O)O)cn2)cc1. The minimum Gasteiger partial charge on any atom is -0.494 e. The maximum absolute atomic E-state index is 12.9. The number of amides is 2. The highest BCUT2D eigenvalue weighted by Gasteiger charge is 2.16. The van der Waals surface area contributed by atoms with Crippen molar-refractivity contribution < 1.29 is 61.5 Å². The first-order valence-electron chi connectivity index (χ1n) is 22.1. The zero-order valence-corrected chi connectivity index (χ0v) is 37.1. The van der Waals surface area contributed by atoms with Gasteiger partial charge >= 0.3 is 11.9 Å². The number of carboxylic acid groups (broad SMARTS) is 2. The molecule has 0 spiro atoms. The van der Waals surface area contributed by atoms with E-state index in [2.05, 4.69) is 20.3 Å². The maximum Gasteiger partial charge on any atom is 0.329 e. The smallest absolute Gasteiger partial charge is 0.329 e. The molecule has 1 heterocycles. The third kappa shape index (κ3) is 29.0. The molecule has 2 rings (SSSR count). The van der Waals surface area contributed by atoms with E-state index in [4.69, 9.17) is 33.9 Å². The number of benzene rings is 1. The van der Waals surface area contributed by atoms with Crippen LogP contribution in [0.3, 0.4) is 0 Å². The van der Waals surface area contributed by atoms with Gasteiger partial charge in [-0.3, -0.25) is 19.1 Å². The Hall–Kier alpha value is -4.36. The van der Waals surface area contributed by atoms with Crippen molar-refractivity contribution >= 4 is 39.6 Å². The summed E-state index contributed by atoms with van der Waals surface area (Å²) in [5.74, 6) is -1.81. The molecule has 0 aliphatic heterocycles. The molecule has 0 aliphatic carbocycles. The second kappa shape index (κ2) is 35.1. The summed E-state index contributed by atoms with van der Waals surface area (Å²) in [5, 5.41) is 22.4. The summed E-state index contributed by atoms with van der Waals surface area (Å²) in [6.45, 7) is 1.70. The molecule has 0 saturated heterocycles. The molecule has 0 bridgehead atoms. The average molecular weight is 895 g/mol. The zero-order valence-electron chi connectivity index (χ0n) is 36.3. The summed E-state index contributed by atoms with van der Waals surface area (Å²) >= 11 is 0. The molecule has 0 aliphatic rings. The Kier molecular flexibility index (Phi) is 30.5. The number of unbranched alkanes of at least 4 members (excludes halogenated alkanes) is 16. The van der Waals surface area contributed by atoms with Crippen LogP contribution >= 0.6 is 0 Å². The normalized spacial score (nSPS) is 11.3. The van der Waals surface area contributed by atoms with E-state index in [0.717, 1.165) is 32.1 Å². The van der Waals surface area contributed by atoms with Gasteiger partial charge in [-0.25, -0.2) is 18.2 Å². The van der Waals surface area contributed by atoms with Crippen molar-refractivity contribution in [3.8, 4) is 5.75 Å². The lowest BCUT2D eigenvalue weighted by atomic mass is 10.0. The number of aromatic nitrogens is 1. The van der Waals surface area contributed by atoms with Crippen LogP contribution in [0, 0.1) is 0 Å². The van der Waals surface area contributed by atoms with Crippen molar-refractivity contribution in [1.29, 1.82) is 0 Å². The molecule has 62 heavy (non-hydrogen) atoms. The van der Waals surface area contributed by atoms with Crippen LogP contribution in [0.2, 0.25) is 0 Å². The van der Waals surface area contributed by atoms with Crippen LogP contribution in [0.15, 0.2) is 47.5 Å². The number of sulfonamides is 1. The van der Waals surface area contributed by atoms with Crippen LogP contribution in [0.1, 0.15) is 126 Å². The van der Waals surface area contributed by atoms with E-state index in [1.54, 1.807) is 12.1 Å². The molecule has 0 unspecified atom stereocenters. The van der Waals surface area contributed by atoms with Gasteiger partial charge in [-0.05, 0) is 49.2 Å². The van der Waals surface area contributed by atoms with Gasteiger partial charge in [-0.1, -0.05) is 96.3 Å². The van der Waals surface area contributed by atoms with Crippen LogP contribution in [-0.2, 0) is 43.4 Å². The molecule has 0 saturated carbocycles. The highest BCUT2D eigenvalue weighted by atomic mass is 32.2. The van der Waals surface area contributed by atoms with Gasteiger partial charge < -0.3 is 44.5 Å². The Balaban J connectivity index is 1.45. The van der Waals surface area contributed by atoms with E-state index in [9.17, 15) is 27.6 Å². The molecular formula is C44H70N4O13S. The largest absolute Gasteiger partial charge is 0.494 e. The van der Waals surface area contributed by atoms with Gasteiger partial charge in [0.15, 0.2) is 0 Å². The molecule has 1 aromatic carbocycles. The number of carboxylic acids is 2. The number of hydrogen-bond acceptors (Lipinski definition) is 12. The summed E-state index contributed by atoms with van der Waals surface area (Å²) in [4.78, 5) is 49.2. The van der Waals surface area contributed by atoms with E-state index < -0.39 is 27.9 Å². The van der Waals surface area contributed by atoms with Gasteiger partial charge in [0.1, 0.15) is 24.8 Å². The van der Waals surface area contributed by atoms with Crippen LogP contribution in [0.25, 0.3) is 0 Å². The van der Waals surface area contributed by atoms with Crippen molar-refractivity contribution in [1.82, 2.24) is 15.6 Å². The molecule has 17 nitrogen and oxygen atoms in total. The Morgan fingerprint density at radius 2 is 1.03 bits per heavy atom. The van der Waals surface area contributed by atoms with Crippen LogP contribution in [0.4, 0.5) is 5.82 Å². The zero-order chi connectivity index (χ0) is 44.9. The van der Waals surface area contributed by atoms with E-state index in [1.807, 2.05) is 0 Å². The number of rotatable bonds is 41. The molecule has 2 aromatic rings. The van der Waals surface area contributed by atoms with Crippen molar-refractivity contribution in [3.63, 3.8) is 0 Å². The minimum absolute atomic E-state index is 0.0569. The number of aliphatic carboxylic acids is 2. The minimum atomic E-state index is -3.92. The van der Waals surface area contributed by atoms with E-state index in [0.29, 0.717) is 18.8 Å². The van der Waals surface area contributed by atoms with Gasteiger partial charge in [-0.15, -0.1) is 0 Å². The van der Waals surface area contributed by atoms with Gasteiger partial charge in [0.2, 0.25) is 5.91 Å². The Morgan fingerprint density at radius 3 is 1.55 bits per heavy atom. The quantitative estimate of drug-likeness (QED) is 0.0457. The molecular weight excluding hydrogens is 825 g/mol. The predicted octanol–water partition coefficient (Wildman–Crippen LogP) is 6.36. The number of anilines is 1. The van der Waals surface area contributed by atoms with E-state index >= 15 is 0 Å². The fourth-order valence-electron chi connectivity index (χ4n) is 6.14. The summed E-state index contributed by atoms with van der Waals surface area (Å²) in [6, 6.07) is 9.10. The lowest BCUT2D eigenvalue weighted by Gasteiger charge is -2.10. The molecule has 1 aromatic heterocycles. The Labute approximate surface area is 367 Å². The van der Waals surface area contributed by atoms with Gasteiger partial charge in [0.05, 0.1) is 56.7 Å². The average Bonchev–Trinajstić information content (AvgIpc) is 3.24. The van der Waals surface area contributed by atoms with Crippen molar-refractivity contribution in [2.45, 2.75) is 120 Å². The fourth-order valence-corrected chi connectivity index (χ4v) is 7.15. The number of carbonyl (C=O) groups excluding carboxylic acids is 2. The molecule has 0 atom stereocenters. The second-order valence-corrected chi connectivity index (χ2v) is 16.5. The fraction of sp³-hybridized carbons (Fsp3) is 0.659. The van der Waals surface area contributed by atoms with Gasteiger partial charge in [-0.2, -0.15) is 0 Å². The summed E-state index contributed by atoms with van der Waals surface area (Å²) in [7, 11) is -3.92. The van der Waals surface area contributed by atoms with Gasteiger partial charge in [0.25, 0.3) is 15.9 Å². The van der Waals surface area contributed by atoms with Crippen molar-refractivity contribution in [2.75, 3.05) is 77.3 Å². The van der Waals surface area contributed by atoms with E-state index in [1.165, 1.54) is 108 Å². The van der Waals surface area contributed by atoms with Crippen LogP contribution in [-0.4, -0.2) is 120 Å². The first-order valence-corrected chi connectivity index (χ1v) is 23.6. The first kappa shape index (κ1) is 53.8. The number of carbonyl (C=O) groups is 4. The monoisotopic (exact) mass is 894 g/mol. The summed E-state index contributed by atoms with van der Waals surface area (Å²) in [5.41, 5.74) is 0.241. The number of hydrogen-bond donors (Lipinski definition) is 5. The third-order valence-corrected chi connectivity index (χ3v) is 10.9. The molecule has 2 amide bonds. The van der Waals surface area contributed by atoms with E-state index in [-0.39, 0.29) is 88.1 Å². The number of nitrogens with zero attached hydrogens (tertiary/aromatic N) is 1. The highest BCUT2D eigenvalue weighted by Crippen LogP contribution is 2.20. The Morgan fingerprint density at radius 1 is 0.532 bits per heavy atom. The Bertz CT molecular complexity index is 1610. The molecule has 5 N–H and O–H groups in total. The molecule has 350 valence electrons. The van der Waals surface area contributed by atoms with Crippen molar-refractivity contribution in [3.05, 3.63) is 48.2 Å². The number of nitrogens with one attached hydrogen (secondary N) is 3. The number of pyridine rings is 1. The lowest BCUT2D eigenvalue weighted by Crippen LogP contribution is -2.31. The topological polar surface area (TPSA) is 238 Å². The maximum atomic E-state index is 12.9. The third-order valence-electron chi connectivity index (χ3n) is 9.51. The predicted molar refractivity (Wildman–Crippen MR) is 234 cm³/mol. The molecule has 18 heteroatoms. The second-order valence-electron chi connectivity index (χ2n) is 14.8. The summed E-state index contributed by atoms with van der Waals surface area (Å²) < 4.78 is 54.9. The summed E-state index contributed by atoms with van der Waals surface area (Å²) in [6.07, 6.45) is 21.9. The van der Waals surface area contributed by atoms with Crippen LogP contribution < -0.4 is 20.1 Å². The lowest BCUT2D eigenvalue weighted by molar-refractivity contribution is -0.143. The first-order chi connectivity index (χ1) is 30.1.